The van der Waals surface area contributed by atoms with Gasteiger partial charge in [0.15, 0.2) is 11.1 Å². The Balaban J connectivity index is 1.41. The molecule has 0 aliphatic carbocycles. The van der Waals surface area contributed by atoms with Crippen molar-refractivity contribution in [2.45, 2.75) is 12.8 Å². The number of aliphatic hydroxyl groups excluding tert-OH is 1. The number of thiazole rings is 1. The van der Waals surface area contributed by atoms with Gasteiger partial charge in [-0.15, -0.1) is 0 Å². The number of aromatic nitrogens is 1. The third kappa shape index (κ3) is 4.84. The maximum Gasteiger partial charge on any atom is 0.191 e. The van der Waals surface area contributed by atoms with Crippen LogP contribution in [0.5, 0.6) is 0 Å². The third-order valence-corrected chi connectivity index (χ3v) is 5.66. The smallest absolute Gasteiger partial charge is 0.191 e. The van der Waals surface area contributed by atoms with E-state index in [-0.39, 0.29) is 12.0 Å². The Morgan fingerprint density at radius 3 is 2.96 bits per heavy atom. The van der Waals surface area contributed by atoms with Gasteiger partial charge in [-0.3, -0.25) is 4.99 Å². The lowest BCUT2D eigenvalue weighted by molar-refractivity contribution is 0.127. The molecule has 4 N–H and O–H groups in total. The Kier molecular flexibility index (Phi) is 6.65. The van der Waals surface area contributed by atoms with Gasteiger partial charge < -0.3 is 25.8 Å². The minimum absolute atomic E-state index is 0.00557. The number of fused-ring (bicyclic) bond motifs is 1. The average molecular weight is 378 g/mol. The zero-order chi connectivity index (χ0) is 18.2. The molecule has 7 nitrogen and oxygen atoms in total. The van der Waals surface area contributed by atoms with Crippen molar-refractivity contribution in [2.24, 2.45) is 10.4 Å². The van der Waals surface area contributed by atoms with Gasteiger partial charge in [0.2, 0.25) is 0 Å². The van der Waals surface area contributed by atoms with Crippen LogP contribution in [0.3, 0.4) is 0 Å². The fourth-order valence-corrected chi connectivity index (χ4v) is 3.99. The van der Waals surface area contributed by atoms with Crippen LogP contribution >= 0.6 is 11.3 Å². The summed E-state index contributed by atoms with van der Waals surface area (Å²) in [6.45, 7) is 3.88. The highest BCUT2D eigenvalue weighted by molar-refractivity contribution is 7.22. The van der Waals surface area contributed by atoms with E-state index in [0.717, 1.165) is 55.7 Å². The number of benzene rings is 1. The Labute approximate surface area is 157 Å². The third-order valence-electron chi connectivity index (χ3n) is 4.67. The summed E-state index contributed by atoms with van der Waals surface area (Å²) in [5.74, 6) is 0.764. The molecule has 26 heavy (non-hydrogen) atoms. The van der Waals surface area contributed by atoms with E-state index in [4.69, 9.17) is 4.74 Å². The normalized spacial score (nSPS) is 20.5. The zero-order valence-corrected chi connectivity index (χ0v) is 15.9. The van der Waals surface area contributed by atoms with E-state index in [9.17, 15) is 5.11 Å². The molecule has 1 atom stereocenters. The van der Waals surface area contributed by atoms with E-state index < -0.39 is 0 Å². The molecule has 142 valence electrons. The molecule has 2 heterocycles. The van der Waals surface area contributed by atoms with Gasteiger partial charge in [-0.05, 0) is 25.0 Å². The molecule has 0 saturated carbocycles. The van der Waals surface area contributed by atoms with Crippen molar-refractivity contribution in [1.82, 2.24) is 15.6 Å². The maximum absolute atomic E-state index is 9.31. The predicted octanol–water partition coefficient (Wildman–Crippen LogP) is 1.66. The molecular weight excluding hydrogens is 350 g/mol. The van der Waals surface area contributed by atoms with Gasteiger partial charge >= 0.3 is 0 Å². The van der Waals surface area contributed by atoms with Crippen LogP contribution in [0.2, 0.25) is 0 Å². The molecule has 1 fully saturated rings. The van der Waals surface area contributed by atoms with Crippen molar-refractivity contribution in [3.8, 4) is 0 Å². The van der Waals surface area contributed by atoms with Crippen molar-refractivity contribution in [2.75, 3.05) is 51.8 Å². The molecule has 8 heteroatoms. The maximum atomic E-state index is 9.31. The van der Waals surface area contributed by atoms with Crippen molar-refractivity contribution in [1.29, 1.82) is 0 Å². The predicted molar refractivity (Wildman–Crippen MR) is 107 cm³/mol. The van der Waals surface area contributed by atoms with Crippen molar-refractivity contribution < 1.29 is 9.84 Å². The number of hydrogen-bond acceptors (Lipinski definition) is 6. The molecular formula is C18H27N5O2S. The van der Waals surface area contributed by atoms with E-state index in [2.05, 4.69) is 32.0 Å². The number of anilines is 1. The molecule has 1 unspecified atom stereocenters. The fourth-order valence-electron chi connectivity index (χ4n) is 3.10. The van der Waals surface area contributed by atoms with Crippen LogP contribution in [-0.4, -0.2) is 62.6 Å². The lowest BCUT2D eigenvalue weighted by atomic mass is 9.84. The minimum atomic E-state index is 0.00557. The lowest BCUT2D eigenvalue weighted by Gasteiger charge is -2.27. The summed E-state index contributed by atoms with van der Waals surface area (Å²) in [5, 5.41) is 20.3. The van der Waals surface area contributed by atoms with Crippen molar-refractivity contribution in [3.63, 3.8) is 0 Å². The Bertz CT molecular complexity index is 694. The summed E-state index contributed by atoms with van der Waals surface area (Å²) in [6, 6.07) is 8.13. The fraction of sp³-hybridized carbons (Fsp3) is 0.556. The highest BCUT2D eigenvalue weighted by Crippen LogP contribution is 2.31. The van der Waals surface area contributed by atoms with Gasteiger partial charge in [-0.2, -0.15) is 0 Å². The summed E-state index contributed by atoms with van der Waals surface area (Å²) < 4.78 is 6.71. The van der Waals surface area contributed by atoms with Crippen LogP contribution in [0, 0.1) is 5.41 Å². The molecule has 0 bridgehead atoms. The zero-order valence-electron chi connectivity index (χ0n) is 15.1. The number of aliphatic imine (C=N–C) groups is 1. The first-order chi connectivity index (χ1) is 12.7. The highest BCUT2D eigenvalue weighted by Gasteiger charge is 2.34. The number of para-hydroxylation sites is 1. The molecule has 0 radical (unpaired) electrons. The van der Waals surface area contributed by atoms with Crippen molar-refractivity contribution >= 4 is 32.6 Å². The standard InChI is InChI=1S/C18H27N5O2S/c1-19-16(22-12-18(6-10-24)7-11-25-13-18)20-8-9-21-17-23-14-4-2-3-5-15(14)26-17/h2-5,24H,6-13H2,1H3,(H,21,23)(H2,19,20,22). The van der Waals surface area contributed by atoms with Crippen LogP contribution < -0.4 is 16.0 Å². The van der Waals surface area contributed by atoms with E-state index in [1.54, 1.807) is 18.4 Å². The number of nitrogens with zero attached hydrogens (tertiary/aromatic N) is 2. The number of nitrogens with one attached hydrogen (secondary N) is 3. The second kappa shape index (κ2) is 9.16. The monoisotopic (exact) mass is 377 g/mol. The SMILES string of the molecule is CN=C(NCCNc1nc2ccccc2s1)NCC1(CCO)CCOC1. The lowest BCUT2D eigenvalue weighted by Crippen LogP contribution is -2.45. The topological polar surface area (TPSA) is 90.8 Å². The van der Waals surface area contributed by atoms with Gasteiger partial charge in [0.05, 0.1) is 16.8 Å². The molecule has 2 aromatic rings. The molecule has 1 aromatic heterocycles. The van der Waals surface area contributed by atoms with Crippen LogP contribution in [0.15, 0.2) is 29.3 Å². The number of ether oxygens (including phenoxy) is 1. The van der Waals surface area contributed by atoms with Gasteiger partial charge in [-0.25, -0.2) is 4.98 Å². The van der Waals surface area contributed by atoms with Gasteiger partial charge in [0.1, 0.15) is 0 Å². The van der Waals surface area contributed by atoms with Crippen LogP contribution in [-0.2, 0) is 4.74 Å². The first-order valence-electron chi connectivity index (χ1n) is 8.97. The Morgan fingerprint density at radius 1 is 1.35 bits per heavy atom. The van der Waals surface area contributed by atoms with Gasteiger partial charge in [0, 0.05) is 45.3 Å². The molecule has 0 spiro atoms. The van der Waals surface area contributed by atoms with Gasteiger partial charge in [0.25, 0.3) is 0 Å². The van der Waals surface area contributed by atoms with E-state index in [1.807, 2.05) is 18.2 Å². The second-order valence-electron chi connectivity index (χ2n) is 6.54. The summed E-state index contributed by atoms with van der Waals surface area (Å²) in [6.07, 6.45) is 1.72. The van der Waals surface area contributed by atoms with Gasteiger partial charge in [-0.1, -0.05) is 23.5 Å². The number of hydrogen-bond donors (Lipinski definition) is 4. The molecule has 1 saturated heterocycles. The summed E-state index contributed by atoms with van der Waals surface area (Å²) in [5.41, 5.74) is 1.03. The molecule has 3 rings (SSSR count). The Hall–Kier alpha value is -1.90. The molecule has 1 aliphatic heterocycles. The number of aliphatic hydroxyl groups is 1. The first-order valence-corrected chi connectivity index (χ1v) is 9.79. The average Bonchev–Trinajstić information content (AvgIpc) is 3.28. The van der Waals surface area contributed by atoms with E-state index in [0.29, 0.717) is 6.61 Å². The van der Waals surface area contributed by atoms with Crippen molar-refractivity contribution in [3.05, 3.63) is 24.3 Å². The number of guanidine groups is 1. The van der Waals surface area contributed by atoms with Crippen LogP contribution in [0.1, 0.15) is 12.8 Å². The first kappa shape index (κ1) is 18.9. The molecule has 0 amide bonds. The van der Waals surface area contributed by atoms with E-state index in [1.165, 1.54) is 4.70 Å². The molecule has 1 aliphatic rings. The largest absolute Gasteiger partial charge is 0.396 e. The van der Waals surface area contributed by atoms with Crippen LogP contribution in [0.4, 0.5) is 5.13 Å². The minimum Gasteiger partial charge on any atom is -0.396 e. The quantitative estimate of drug-likeness (QED) is 0.318. The summed E-state index contributed by atoms with van der Waals surface area (Å²) in [4.78, 5) is 8.83. The molecule has 1 aromatic carbocycles. The highest BCUT2D eigenvalue weighted by atomic mass is 32.1. The Morgan fingerprint density at radius 2 is 2.23 bits per heavy atom. The van der Waals surface area contributed by atoms with E-state index >= 15 is 0 Å². The van der Waals surface area contributed by atoms with Crippen LogP contribution in [0.25, 0.3) is 10.2 Å². The second-order valence-corrected chi connectivity index (χ2v) is 7.57. The summed E-state index contributed by atoms with van der Waals surface area (Å²) in [7, 11) is 1.76. The summed E-state index contributed by atoms with van der Waals surface area (Å²) >= 11 is 1.66. The number of rotatable bonds is 8.